The van der Waals surface area contributed by atoms with Gasteiger partial charge in [0.25, 0.3) is 0 Å². The maximum absolute atomic E-state index is 12.1. The van der Waals surface area contributed by atoms with E-state index in [1.165, 1.54) is 0 Å². The number of aliphatic hydroxyl groups excluding tert-OH is 1. The molecule has 1 fully saturated rings. The Balaban J connectivity index is 1.93. The second-order valence-corrected chi connectivity index (χ2v) is 5.82. The molecule has 0 amide bonds. The van der Waals surface area contributed by atoms with E-state index in [4.69, 9.17) is 0 Å². The van der Waals surface area contributed by atoms with E-state index < -0.39 is 6.61 Å². The van der Waals surface area contributed by atoms with Gasteiger partial charge in [0.05, 0.1) is 6.10 Å². The lowest BCUT2D eigenvalue weighted by Crippen LogP contribution is -2.31. The number of hydrogen-bond donors (Lipinski definition) is 1. The summed E-state index contributed by atoms with van der Waals surface area (Å²) >= 11 is 0. The van der Waals surface area contributed by atoms with Crippen molar-refractivity contribution in [3.05, 3.63) is 29.8 Å². The fourth-order valence-electron chi connectivity index (χ4n) is 2.94. The summed E-state index contributed by atoms with van der Waals surface area (Å²) < 4.78 is 28.6. The van der Waals surface area contributed by atoms with Gasteiger partial charge in [0.1, 0.15) is 5.75 Å². The predicted octanol–water partition coefficient (Wildman–Crippen LogP) is 3.44. The smallest absolute Gasteiger partial charge is 0.387 e. The lowest BCUT2D eigenvalue weighted by Gasteiger charge is -2.29. The molecule has 0 radical (unpaired) electrons. The van der Waals surface area contributed by atoms with E-state index in [0.29, 0.717) is 5.92 Å². The van der Waals surface area contributed by atoms with Crippen LogP contribution in [0.3, 0.4) is 0 Å². The highest BCUT2D eigenvalue weighted by Gasteiger charge is 2.27. The van der Waals surface area contributed by atoms with Crippen LogP contribution >= 0.6 is 0 Å². The largest absolute Gasteiger partial charge is 0.435 e. The number of rotatable bonds is 6. The Hall–Kier alpha value is -1.20. The molecule has 3 unspecified atom stereocenters. The van der Waals surface area contributed by atoms with E-state index >= 15 is 0 Å². The highest BCUT2D eigenvalue weighted by molar-refractivity contribution is 5.29. The third kappa shape index (κ3) is 4.38. The van der Waals surface area contributed by atoms with Gasteiger partial charge in [-0.15, -0.1) is 0 Å². The van der Waals surface area contributed by atoms with Crippen LogP contribution in [0.2, 0.25) is 0 Å². The zero-order chi connectivity index (χ0) is 15.4. The van der Waals surface area contributed by atoms with E-state index in [9.17, 15) is 13.9 Å². The average Bonchev–Trinajstić information content (AvgIpc) is 2.83. The summed E-state index contributed by atoms with van der Waals surface area (Å²) in [4.78, 5) is 2.20. The Kier molecular flexibility index (Phi) is 5.53. The fraction of sp³-hybridized carbons (Fsp3) is 0.625. The van der Waals surface area contributed by atoms with Crippen molar-refractivity contribution in [3.8, 4) is 5.75 Å². The van der Waals surface area contributed by atoms with E-state index in [0.717, 1.165) is 31.4 Å². The Morgan fingerprint density at radius 3 is 2.48 bits per heavy atom. The minimum Gasteiger partial charge on any atom is -0.435 e. The lowest BCUT2D eigenvalue weighted by atomic mass is 10.0. The summed E-state index contributed by atoms with van der Waals surface area (Å²) in [5.74, 6) is 0.508. The molecule has 1 aliphatic carbocycles. The molecule has 2 rings (SSSR count). The molecule has 0 heterocycles. The van der Waals surface area contributed by atoms with Crippen LogP contribution in [-0.2, 0) is 0 Å². The molecule has 3 nitrogen and oxygen atoms in total. The van der Waals surface area contributed by atoms with Crippen LogP contribution in [0.4, 0.5) is 8.78 Å². The molecular weight excluding hydrogens is 276 g/mol. The molecule has 0 spiro atoms. The third-order valence-electron chi connectivity index (χ3n) is 4.39. The second-order valence-electron chi connectivity index (χ2n) is 5.82. The molecule has 5 heteroatoms. The summed E-state index contributed by atoms with van der Waals surface area (Å²) in [5.41, 5.74) is 1.05. The van der Waals surface area contributed by atoms with E-state index in [1.807, 2.05) is 19.2 Å². The van der Waals surface area contributed by atoms with Gasteiger partial charge in [-0.2, -0.15) is 8.78 Å². The van der Waals surface area contributed by atoms with Gasteiger partial charge in [-0.1, -0.05) is 18.6 Å². The summed E-state index contributed by atoms with van der Waals surface area (Å²) in [6.45, 7) is 0.127. The molecule has 0 bridgehead atoms. The van der Waals surface area contributed by atoms with Crippen LogP contribution in [0.15, 0.2) is 24.3 Å². The molecule has 0 aromatic heterocycles. The molecule has 21 heavy (non-hydrogen) atoms. The Bertz CT molecular complexity index is 438. The SMILES string of the molecule is CC(c1ccc(OC(F)F)cc1)N(C)CC1CCCC1O. The number of alkyl halides is 2. The van der Waals surface area contributed by atoms with Gasteiger partial charge in [0.15, 0.2) is 0 Å². The number of aliphatic hydroxyl groups is 1. The zero-order valence-electron chi connectivity index (χ0n) is 12.5. The summed E-state index contributed by atoms with van der Waals surface area (Å²) in [5, 5.41) is 9.90. The number of hydrogen-bond acceptors (Lipinski definition) is 3. The fourth-order valence-corrected chi connectivity index (χ4v) is 2.94. The number of nitrogens with zero attached hydrogens (tertiary/aromatic N) is 1. The van der Waals surface area contributed by atoms with Crippen LogP contribution in [-0.4, -0.2) is 36.3 Å². The Morgan fingerprint density at radius 1 is 1.29 bits per heavy atom. The average molecular weight is 299 g/mol. The van der Waals surface area contributed by atoms with Gasteiger partial charge in [0.2, 0.25) is 0 Å². The number of benzene rings is 1. The number of halogens is 2. The Labute approximate surface area is 124 Å². The van der Waals surface area contributed by atoms with Crippen molar-refractivity contribution in [2.45, 2.75) is 44.9 Å². The molecule has 1 saturated carbocycles. The van der Waals surface area contributed by atoms with Crippen molar-refractivity contribution in [2.24, 2.45) is 5.92 Å². The molecule has 0 saturated heterocycles. The van der Waals surface area contributed by atoms with E-state index in [2.05, 4.69) is 16.6 Å². The highest BCUT2D eigenvalue weighted by Crippen LogP contribution is 2.29. The first-order valence-electron chi connectivity index (χ1n) is 7.40. The maximum Gasteiger partial charge on any atom is 0.387 e. The topological polar surface area (TPSA) is 32.7 Å². The van der Waals surface area contributed by atoms with Crippen LogP contribution < -0.4 is 4.74 Å². The quantitative estimate of drug-likeness (QED) is 0.873. The predicted molar refractivity (Wildman–Crippen MR) is 77.5 cm³/mol. The van der Waals surface area contributed by atoms with Crippen molar-refractivity contribution in [3.63, 3.8) is 0 Å². The van der Waals surface area contributed by atoms with Crippen molar-refractivity contribution < 1.29 is 18.6 Å². The van der Waals surface area contributed by atoms with Gasteiger partial charge < -0.3 is 9.84 Å². The third-order valence-corrected chi connectivity index (χ3v) is 4.39. The van der Waals surface area contributed by atoms with Crippen molar-refractivity contribution in [2.75, 3.05) is 13.6 Å². The molecule has 1 N–H and O–H groups in total. The molecule has 1 aromatic rings. The van der Waals surface area contributed by atoms with Gasteiger partial charge in [-0.25, -0.2) is 0 Å². The van der Waals surface area contributed by atoms with Crippen molar-refractivity contribution in [1.82, 2.24) is 4.90 Å². The minimum absolute atomic E-state index is 0.165. The van der Waals surface area contributed by atoms with Crippen molar-refractivity contribution >= 4 is 0 Å². The van der Waals surface area contributed by atoms with Crippen LogP contribution in [0.1, 0.15) is 37.8 Å². The van der Waals surface area contributed by atoms with Crippen molar-refractivity contribution in [1.29, 1.82) is 0 Å². The molecule has 118 valence electrons. The normalized spacial score (nSPS) is 23.8. The summed E-state index contributed by atoms with van der Waals surface area (Å²) in [6, 6.07) is 6.92. The van der Waals surface area contributed by atoms with Crippen LogP contribution in [0.5, 0.6) is 5.75 Å². The van der Waals surface area contributed by atoms with Gasteiger partial charge in [-0.3, -0.25) is 4.90 Å². The van der Waals surface area contributed by atoms with Crippen LogP contribution in [0.25, 0.3) is 0 Å². The van der Waals surface area contributed by atoms with Crippen LogP contribution in [0, 0.1) is 5.92 Å². The minimum atomic E-state index is -2.79. The first kappa shape index (κ1) is 16.2. The standard InChI is InChI=1S/C16H23F2NO2/c1-11(19(2)10-13-4-3-5-15(13)20)12-6-8-14(9-7-12)21-16(17)18/h6-9,11,13,15-16,20H,3-5,10H2,1-2H3. The second kappa shape index (κ2) is 7.18. The number of ether oxygens (including phenoxy) is 1. The molecule has 1 aliphatic rings. The van der Waals surface area contributed by atoms with E-state index in [1.54, 1.807) is 12.1 Å². The molecular formula is C16H23F2NO2. The summed E-state index contributed by atoms with van der Waals surface area (Å²) in [7, 11) is 2.03. The van der Waals surface area contributed by atoms with E-state index in [-0.39, 0.29) is 17.9 Å². The Morgan fingerprint density at radius 2 is 1.95 bits per heavy atom. The van der Waals surface area contributed by atoms with Gasteiger partial charge >= 0.3 is 6.61 Å². The molecule has 3 atom stereocenters. The first-order valence-corrected chi connectivity index (χ1v) is 7.40. The lowest BCUT2D eigenvalue weighted by molar-refractivity contribution is -0.0498. The monoisotopic (exact) mass is 299 g/mol. The molecule has 0 aliphatic heterocycles. The van der Waals surface area contributed by atoms with Gasteiger partial charge in [-0.05, 0) is 50.4 Å². The summed E-state index contributed by atoms with van der Waals surface area (Å²) in [6.07, 6.45) is 2.86. The maximum atomic E-state index is 12.1. The van der Waals surface area contributed by atoms with Gasteiger partial charge in [0, 0.05) is 12.6 Å². The first-order chi connectivity index (χ1) is 9.97. The molecule has 1 aromatic carbocycles. The zero-order valence-corrected chi connectivity index (χ0v) is 12.5. The highest BCUT2D eigenvalue weighted by atomic mass is 19.3.